The van der Waals surface area contributed by atoms with Gasteiger partial charge in [0, 0.05) is 5.69 Å². The van der Waals surface area contributed by atoms with Crippen LogP contribution in [0.3, 0.4) is 0 Å². The van der Waals surface area contributed by atoms with Gasteiger partial charge in [-0.25, -0.2) is 13.8 Å². The fourth-order valence-electron chi connectivity index (χ4n) is 3.82. The summed E-state index contributed by atoms with van der Waals surface area (Å²) in [5, 5.41) is 1.04. The number of para-hydroxylation sites is 1. The lowest BCUT2D eigenvalue weighted by atomic mass is 9.90. The van der Waals surface area contributed by atoms with Crippen LogP contribution in [0.5, 0.6) is 0 Å². The maximum atomic E-state index is 15.3. The highest BCUT2D eigenvalue weighted by molar-refractivity contribution is 6.34. The molecule has 0 saturated carbocycles. The lowest BCUT2D eigenvalue weighted by molar-refractivity contribution is -0.338. The molecule has 1 heterocycles. The lowest BCUT2D eigenvalue weighted by Crippen LogP contribution is -2.67. The Bertz CT molecular complexity index is 1260. The van der Waals surface area contributed by atoms with Crippen LogP contribution in [0.15, 0.2) is 71.7 Å². The number of anilines is 2. The molecule has 1 aliphatic rings. The second-order valence-electron chi connectivity index (χ2n) is 7.57. The van der Waals surface area contributed by atoms with Gasteiger partial charge in [0.25, 0.3) is 0 Å². The zero-order valence-electron chi connectivity index (χ0n) is 16.9. The van der Waals surface area contributed by atoms with Gasteiger partial charge in [0.1, 0.15) is 11.8 Å². The van der Waals surface area contributed by atoms with E-state index in [0.717, 1.165) is 0 Å². The van der Waals surface area contributed by atoms with Crippen LogP contribution in [0, 0.1) is 0 Å². The first kappa shape index (κ1) is 23.7. The molecule has 0 radical (unpaired) electrons. The maximum absolute atomic E-state index is 15.3. The van der Waals surface area contributed by atoms with Crippen molar-refractivity contribution in [1.82, 2.24) is 0 Å². The zero-order chi connectivity index (χ0) is 24.9. The van der Waals surface area contributed by atoms with E-state index in [1.165, 1.54) is 42.5 Å². The van der Waals surface area contributed by atoms with Gasteiger partial charge < -0.3 is 4.90 Å². The number of fused-ring (bicyclic) bond motifs is 2. The molecule has 1 aliphatic heterocycles. The first-order valence-electron chi connectivity index (χ1n) is 9.76. The molecule has 3 nitrogen and oxygen atoms in total. The summed E-state index contributed by atoms with van der Waals surface area (Å²) in [5.41, 5.74) is -1.66. The van der Waals surface area contributed by atoms with E-state index in [4.69, 9.17) is 0 Å². The van der Waals surface area contributed by atoms with Gasteiger partial charge in [-0.15, -0.1) is 0 Å². The van der Waals surface area contributed by atoms with Crippen LogP contribution in [0.4, 0.5) is 52.2 Å². The summed E-state index contributed by atoms with van der Waals surface area (Å²) in [4.78, 5) is 16.0. The average Bonchev–Trinajstić information content (AvgIpc) is 2.81. The molecular weight excluding hydrogens is 472 g/mol. The van der Waals surface area contributed by atoms with Crippen molar-refractivity contribution in [2.75, 3.05) is 4.90 Å². The van der Waals surface area contributed by atoms with Crippen LogP contribution in [-0.4, -0.2) is 42.2 Å². The Morgan fingerprint density at radius 1 is 0.853 bits per heavy atom. The molecule has 4 rings (SSSR count). The van der Waals surface area contributed by atoms with Gasteiger partial charge in [-0.05, 0) is 35.0 Å². The molecule has 0 amide bonds. The standard InChI is InChI=1S/C23H14F8N2O/c24-20(25)22(28,29)23(30,31)21(26,27)19-17(12-34)32-16-10-13-6-4-5-7-14(13)11-18(16)33(19)15-8-2-1-3-9-15/h1-12,19-20H. The first-order valence-corrected chi connectivity index (χ1v) is 9.76. The highest BCUT2D eigenvalue weighted by Crippen LogP contribution is 2.54. The summed E-state index contributed by atoms with van der Waals surface area (Å²) in [6, 6.07) is 12.8. The molecule has 0 bridgehead atoms. The van der Waals surface area contributed by atoms with E-state index in [1.807, 2.05) is 0 Å². The van der Waals surface area contributed by atoms with E-state index in [-0.39, 0.29) is 23.3 Å². The zero-order valence-corrected chi connectivity index (χ0v) is 16.9. The molecule has 3 aromatic carbocycles. The van der Waals surface area contributed by atoms with E-state index < -0.39 is 35.9 Å². The molecule has 0 spiro atoms. The van der Waals surface area contributed by atoms with Crippen molar-refractivity contribution in [1.29, 1.82) is 0 Å². The van der Waals surface area contributed by atoms with Crippen molar-refractivity contribution in [3.05, 3.63) is 66.7 Å². The Morgan fingerprint density at radius 3 is 1.97 bits per heavy atom. The summed E-state index contributed by atoms with van der Waals surface area (Å²) >= 11 is 0. The molecule has 34 heavy (non-hydrogen) atoms. The summed E-state index contributed by atoms with van der Waals surface area (Å²) in [6.45, 7) is 0. The van der Waals surface area contributed by atoms with E-state index >= 15 is 8.78 Å². The topological polar surface area (TPSA) is 32.7 Å². The molecule has 0 aromatic heterocycles. The van der Waals surface area contributed by atoms with E-state index in [9.17, 15) is 31.1 Å². The van der Waals surface area contributed by atoms with Crippen LogP contribution >= 0.6 is 0 Å². The first-order chi connectivity index (χ1) is 15.9. The number of rotatable bonds is 6. The number of nitrogens with zero attached hydrogens (tertiary/aromatic N) is 2. The third-order valence-corrected chi connectivity index (χ3v) is 5.50. The summed E-state index contributed by atoms with van der Waals surface area (Å²) in [5.74, 6) is -18.8. The number of aldehydes is 1. The van der Waals surface area contributed by atoms with E-state index in [2.05, 4.69) is 4.99 Å². The Kier molecular flexibility index (Phi) is 5.61. The third-order valence-electron chi connectivity index (χ3n) is 5.50. The Hall–Kier alpha value is -3.50. The highest BCUT2D eigenvalue weighted by Gasteiger charge is 2.78. The van der Waals surface area contributed by atoms with Crippen molar-refractivity contribution in [3.63, 3.8) is 0 Å². The summed E-state index contributed by atoms with van der Waals surface area (Å²) in [7, 11) is 0. The van der Waals surface area contributed by atoms with Crippen LogP contribution in [-0.2, 0) is 4.79 Å². The number of carbonyl (C=O) groups is 1. The minimum absolute atomic E-state index is 0.0689. The number of aliphatic imine (C=N–C) groups is 1. The maximum Gasteiger partial charge on any atom is 0.380 e. The Morgan fingerprint density at radius 2 is 1.41 bits per heavy atom. The van der Waals surface area contributed by atoms with Gasteiger partial charge in [-0.1, -0.05) is 42.5 Å². The molecule has 1 unspecified atom stereocenters. The van der Waals surface area contributed by atoms with Crippen molar-refractivity contribution < 1.29 is 39.9 Å². The fraction of sp³-hybridized carbons (Fsp3) is 0.217. The molecule has 0 N–H and O–H groups in total. The molecule has 178 valence electrons. The van der Waals surface area contributed by atoms with Gasteiger partial charge in [0.2, 0.25) is 0 Å². The van der Waals surface area contributed by atoms with Crippen LogP contribution < -0.4 is 4.90 Å². The van der Waals surface area contributed by atoms with Gasteiger partial charge in [0.15, 0.2) is 6.29 Å². The second kappa shape index (κ2) is 8.07. The number of hydrogen-bond donors (Lipinski definition) is 0. The van der Waals surface area contributed by atoms with Crippen LogP contribution in [0.25, 0.3) is 10.8 Å². The van der Waals surface area contributed by atoms with Gasteiger partial charge in [0.05, 0.1) is 11.4 Å². The minimum atomic E-state index is -6.54. The minimum Gasteiger partial charge on any atom is -0.324 e. The number of carbonyl (C=O) groups excluding carboxylic acids is 1. The fourth-order valence-corrected chi connectivity index (χ4v) is 3.82. The molecule has 1 atom stereocenters. The second-order valence-corrected chi connectivity index (χ2v) is 7.57. The molecule has 0 saturated heterocycles. The molecule has 11 heteroatoms. The number of alkyl halides is 8. The Labute approximate surface area is 187 Å². The van der Waals surface area contributed by atoms with Crippen LogP contribution in [0.2, 0.25) is 0 Å². The van der Waals surface area contributed by atoms with Crippen molar-refractivity contribution in [2.24, 2.45) is 4.99 Å². The van der Waals surface area contributed by atoms with Crippen molar-refractivity contribution in [2.45, 2.75) is 30.2 Å². The molecular formula is C23H14F8N2O. The number of halogens is 8. The predicted molar refractivity (Wildman–Crippen MR) is 110 cm³/mol. The van der Waals surface area contributed by atoms with Gasteiger partial charge in [-0.3, -0.25) is 4.79 Å². The SMILES string of the molecule is O=CC1=Nc2cc3ccccc3cc2N(c2ccccc2)C1C(F)(F)C(F)(F)C(F)(F)C(F)F. The number of benzene rings is 3. The summed E-state index contributed by atoms with van der Waals surface area (Å²) in [6.07, 6.45) is -5.36. The monoisotopic (exact) mass is 486 g/mol. The molecule has 3 aromatic rings. The molecule has 0 fully saturated rings. The van der Waals surface area contributed by atoms with Crippen molar-refractivity contribution >= 4 is 39.8 Å². The smallest absolute Gasteiger partial charge is 0.324 e. The Balaban J connectivity index is 2.02. The summed E-state index contributed by atoms with van der Waals surface area (Å²) < 4.78 is 112. The highest BCUT2D eigenvalue weighted by atomic mass is 19.4. The van der Waals surface area contributed by atoms with Crippen molar-refractivity contribution in [3.8, 4) is 0 Å². The van der Waals surface area contributed by atoms with Gasteiger partial charge in [-0.2, -0.15) is 26.3 Å². The third kappa shape index (κ3) is 3.41. The van der Waals surface area contributed by atoms with E-state index in [1.54, 1.807) is 24.3 Å². The van der Waals surface area contributed by atoms with Crippen LogP contribution in [0.1, 0.15) is 0 Å². The van der Waals surface area contributed by atoms with Gasteiger partial charge >= 0.3 is 24.2 Å². The lowest BCUT2D eigenvalue weighted by Gasteiger charge is -2.44. The van der Waals surface area contributed by atoms with E-state index in [0.29, 0.717) is 15.7 Å². The average molecular weight is 486 g/mol. The quantitative estimate of drug-likeness (QED) is 0.284. The molecule has 0 aliphatic carbocycles. The largest absolute Gasteiger partial charge is 0.380 e. The normalized spacial score (nSPS) is 17.0. The number of hydrogen-bond acceptors (Lipinski definition) is 3. The predicted octanol–water partition coefficient (Wildman–Crippen LogP) is 6.80.